The molecule has 0 atom stereocenters. The van der Waals surface area contributed by atoms with Crippen molar-refractivity contribution in [2.24, 2.45) is 0 Å². The van der Waals surface area contributed by atoms with Crippen molar-refractivity contribution in [2.75, 3.05) is 5.32 Å². The van der Waals surface area contributed by atoms with Crippen LogP contribution in [0.2, 0.25) is 0 Å². The maximum atomic E-state index is 13.5. The molecular formula is C15H12F2N2. The van der Waals surface area contributed by atoms with Gasteiger partial charge < -0.3 is 5.32 Å². The molecule has 0 amide bonds. The fraction of sp³-hybridized carbons (Fsp3) is 0.133. The molecular weight excluding hydrogens is 246 g/mol. The molecule has 0 spiro atoms. The highest BCUT2D eigenvalue weighted by molar-refractivity contribution is 5.55. The van der Waals surface area contributed by atoms with Gasteiger partial charge in [0.2, 0.25) is 0 Å². The summed E-state index contributed by atoms with van der Waals surface area (Å²) in [5, 5.41) is 11.9. The Morgan fingerprint density at radius 1 is 1.16 bits per heavy atom. The van der Waals surface area contributed by atoms with Crippen LogP contribution in [0.25, 0.3) is 0 Å². The van der Waals surface area contributed by atoms with E-state index in [0.717, 1.165) is 17.3 Å². The first kappa shape index (κ1) is 13.0. The van der Waals surface area contributed by atoms with Gasteiger partial charge in [0.05, 0.1) is 11.6 Å². The number of halogens is 2. The molecule has 0 fully saturated rings. The maximum Gasteiger partial charge on any atom is 0.131 e. The number of nitrogens with one attached hydrogen (secondary N) is 1. The SMILES string of the molecule is Cc1ccc(C#N)cc1NCc1ccc(F)cc1F. The summed E-state index contributed by atoms with van der Waals surface area (Å²) in [5.74, 6) is -1.18. The zero-order chi connectivity index (χ0) is 13.8. The van der Waals surface area contributed by atoms with Gasteiger partial charge in [-0.1, -0.05) is 12.1 Å². The summed E-state index contributed by atoms with van der Waals surface area (Å²) in [4.78, 5) is 0. The van der Waals surface area contributed by atoms with Crippen molar-refractivity contribution in [1.82, 2.24) is 0 Å². The van der Waals surface area contributed by atoms with Crippen molar-refractivity contribution in [1.29, 1.82) is 5.26 Å². The lowest BCUT2D eigenvalue weighted by Gasteiger charge is -2.10. The second-order valence-corrected chi connectivity index (χ2v) is 4.23. The molecule has 0 radical (unpaired) electrons. The van der Waals surface area contributed by atoms with E-state index in [1.165, 1.54) is 12.1 Å². The number of nitriles is 1. The monoisotopic (exact) mass is 258 g/mol. The van der Waals surface area contributed by atoms with Crippen LogP contribution in [0.3, 0.4) is 0 Å². The van der Waals surface area contributed by atoms with Gasteiger partial charge in [0.1, 0.15) is 11.6 Å². The van der Waals surface area contributed by atoms with Crippen LogP contribution in [-0.4, -0.2) is 0 Å². The lowest BCUT2D eigenvalue weighted by Crippen LogP contribution is -2.03. The number of anilines is 1. The van der Waals surface area contributed by atoms with Crippen LogP contribution in [0.15, 0.2) is 36.4 Å². The van der Waals surface area contributed by atoms with Gasteiger partial charge in [-0.15, -0.1) is 0 Å². The topological polar surface area (TPSA) is 35.8 Å². The molecule has 0 saturated heterocycles. The van der Waals surface area contributed by atoms with Gasteiger partial charge in [-0.05, 0) is 30.7 Å². The Kier molecular flexibility index (Phi) is 3.76. The van der Waals surface area contributed by atoms with Crippen LogP contribution >= 0.6 is 0 Å². The maximum absolute atomic E-state index is 13.5. The molecule has 96 valence electrons. The van der Waals surface area contributed by atoms with Crippen molar-refractivity contribution in [2.45, 2.75) is 13.5 Å². The van der Waals surface area contributed by atoms with E-state index in [4.69, 9.17) is 5.26 Å². The molecule has 2 aromatic rings. The molecule has 0 heterocycles. The van der Waals surface area contributed by atoms with E-state index in [1.54, 1.807) is 12.1 Å². The van der Waals surface area contributed by atoms with Crippen LogP contribution in [0.5, 0.6) is 0 Å². The second kappa shape index (κ2) is 5.49. The summed E-state index contributed by atoms with van der Waals surface area (Å²) in [6, 6.07) is 10.8. The summed E-state index contributed by atoms with van der Waals surface area (Å²) < 4.78 is 26.2. The highest BCUT2D eigenvalue weighted by Crippen LogP contribution is 2.18. The molecule has 19 heavy (non-hydrogen) atoms. The van der Waals surface area contributed by atoms with E-state index in [-0.39, 0.29) is 6.54 Å². The minimum absolute atomic E-state index is 0.238. The first-order valence-electron chi connectivity index (χ1n) is 5.78. The summed E-state index contributed by atoms with van der Waals surface area (Å²) >= 11 is 0. The largest absolute Gasteiger partial charge is 0.381 e. The number of hydrogen-bond donors (Lipinski definition) is 1. The average Bonchev–Trinajstić information content (AvgIpc) is 2.39. The average molecular weight is 258 g/mol. The van der Waals surface area contributed by atoms with Gasteiger partial charge in [0.15, 0.2) is 0 Å². The highest BCUT2D eigenvalue weighted by Gasteiger charge is 2.05. The molecule has 1 N–H and O–H groups in total. The van der Waals surface area contributed by atoms with E-state index in [2.05, 4.69) is 5.32 Å². The quantitative estimate of drug-likeness (QED) is 0.909. The summed E-state index contributed by atoms with van der Waals surface area (Å²) in [7, 11) is 0. The zero-order valence-corrected chi connectivity index (χ0v) is 10.4. The molecule has 0 aliphatic carbocycles. The minimum Gasteiger partial charge on any atom is -0.381 e. The Hall–Kier alpha value is -2.41. The number of nitrogens with zero attached hydrogens (tertiary/aromatic N) is 1. The Balaban J connectivity index is 2.16. The van der Waals surface area contributed by atoms with Crippen molar-refractivity contribution in [3.8, 4) is 6.07 Å². The molecule has 0 unspecified atom stereocenters. The van der Waals surface area contributed by atoms with E-state index < -0.39 is 11.6 Å². The Morgan fingerprint density at radius 3 is 2.63 bits per heavy atom. The molecule has 0 bridgehead atoms. The highest BCUT2D eigenvalue weighted by atomic mass is 19.1. The van der Waals surface area contributed by atoms with Crippen molar-refractivity contribution in [3.05, 3.63) is 64.7 Å². The van der Waals surface area contributed by atoms with E-state index in [9.17, 15) is 8.78 Å². The third-order valence-electron chi connectivity index (χ3n) is 2.85. The Labute approximate surface area is 110 Å². The first-order chi connectivity index (χ1) is 9.10. The van der Waals surface area contributed by atoms with Crippen LogP contribution in [0, 0.1) is 29.9 Å². The minimum atomic E-state index is -0.594. The van der Waals surface area contributed by atoms with Crippen LogP contribution in [-0.2, 0) is 6.54 Å². The van der Waals surface area contributed by atoms with Gasteiger partial charge in [-0.2, -0.15) is 5.26 Å². The van der Waals surface area contributed by atoms with Gasteiger partial charge in [0, 0.05) is 23.9 Å². The number of aryl methyl sites for hydroxylation is 1. The van der Waals surface area contributed by atoms with E-state index in [1.807, 2.05) is 19.1 Å². The van der Waals surface area contributed by atoms with Gasteiger partial charge in [-0.25, -0.2) is 8.78 Å². The van der Waals surface area contributed by atoms with Crippen molar-refractivity contribution < 1.29 is 8.78 Å². The van der Waals surface area contributed by atoms with E-state index >= 15 is 0 Å². The predicted octanol–water partition coefficient (Wildman–Crippen LogP) is 3.76. The van der Waals surface area contributed by atoms with Crippen LogP contribution < -0.4 is 5.32 Å². The van der Waals surface area contributed by atoms with Crippen molar-refractivity contribution in [3.63, 3.8) is 0 Å². The van der Waals surface area contributed by atoms with Gasteiger partial charge in [-0.3, -0.25) is 0 Å². The molecule has 2 rings (SSSR count). The molecule has 2 nitrogen and oxygen atoms in total. The molecule has 0 aromatic heterocycles. The molecule has 0 aliphatic rings. The summed E-state index contributed by atoms with van der Waals surface area (Å²) in [6.07, 6.45) is 0. The fourth-order valence-corrected chi connectivity index (χ4v) is 1.74. The zero-order valence-electron chi connectivity index (χ0n) is 10.4. The molecule has 4 heteroatoms. The van der Waals surface area contributed by atoms with Gasteiger partial charge in [0.25, 0.3) is 0 Å². The fourth-order valence-electron chi connectivity index (χ4n) is 1.74. The summed E-state index contributed by atoms with van der Waals surface area (Å²) in [6.45, 7) is 2.13. The predicted molar refractivity (Wildman–Crippen MR) is 69.6 cm³/mol. The third kappa shape index (κ3) is 3.08. The van der Waals surface area contributed by atoms with Gasteiger partial charge >= 0.3 is 0 Å². The summed E-state index contributed by atoms with van der Waals surface area (Å²) in [5.41, 5.74) is 2.64. The lowest BCUT2D eigenvalue weighted by molar-refractivity contribution is 0.574. The number of rotatable bonds is 3. The van der Waals surface area contributed by atoms with E-state index in [0.29, 0.717) is 11.1 Å². The smallest absolute Gasteiger partial charge is 0.131 e. The molecule has 0 aliphatic heterocycles. The van der Waals surface area contributed by atoms with Crippen molar-refractivity contribution >= 4 is 5.69 Å². The number of hydrogen-bond acceptors (Lipinski definition) is 2. The third-order valence-corrected chi connectivity index (χ3v) is 2.85. The lowest BCUT2D eigenvalue weighted by atomic mass is 10.1. The van der Waals surface area contributed by atoms with Crippen LogP contribution in [0.4, 0.5) is 14.5 Å². The van der Waals surface area contributed by atoms with Crippen LogP contribution in [0.1, 0.15) is 16.7 Å². The molecule has 2 aromatic carbocycles. The second-order valence-electron chi connectivity index (χ2n) is 4.23. The molecule has 0 saturated carbocycles. The Morgan fingerprint density at radius 2 is 1.95 bits per heavy atom. The normalized spacial score (nSPS) is 10.0. The standard InChI is InChI=1S/C15H12F2N2/c1-10-2-3-11(8-18)6-15(10)19-9-12-4-5-13(16)7-14(12)17/h2-7,19H,9H2,1H3. The first-order valence-corrected chi connectivity index (χ1v) is 5.78. The number of benzene rings is 2. The Bertz CT molecular complexity index is 645.